The molecule has 0 spiro atoms. The molecule has 2 aromatic heterocycles. The van der Waals surface area contributed by atoms with Crippen LogP contribution in [0.25, 0.3) is 11.2 Å². The van der Waals surface area contributed by atoms with Crippen molar-refractivity contribution in [3.8, 4) is 0 Å². The van der Waals surface area contributed by atoms with Gasteiger partial charge in [0.05, 0.1) is 18.9 Å². The molecule has 1 saturated carbocycles. The van der Waals surface area contributed by atoms with Crippen LogP contribution in [-0.2, 0) is 9.47 Å². The molecule has 4 heterocycles. The lowest BCUT2D eigenvalue weighted by molar-refractivity contribution is -0.434. The molecule has 5 rings (SSSR count). The summed E-state index contributed by atoms with van der Waals surface area (Å²) in [5, 5.41) is 19.7. The quantitative estimate of drug-likeness (QED) is 0.627. The maximum absolute atomic E-state index is 10.1. The Morgan fingerprint density at radius 1 is 1.38 bits per heavy atom. The van der Waals surface area contributed by atoms with E-state index in [4.69, 9.17) is 15.2 Å². The third-order valence-corrected chi connectivity index (χ3v) is 4.84. The van der Waals surface area contributed by atoms with E-state index in [2.05, 4.69) is 15.0 Å². The lowest BCUT2D eigenvalue weighted by Crippen LogP contribution is -2.77. The van der Waals surface area contributed by atoms with E-state index in [0.717, 1.165) is 0 Å². The van der Waals surface area contributed by atoms with E-state index in [1.807, 2.05) is 0 Å². The first-order valence-electron chi connectivity index (χ1n) is 6.70. The number of rotatable bonds is 2. The maximum atomic E-state index is 10.1. The molecule has 0 amide bonds. The Hall–Kier alpha value is -1.81. The lowest BCUT2D eigenvalue weighted by Gasteiger charge is -2.62. The van der Waals surface area contributed by atoms with Gasteiger partial charge in [-0.1, -0.05) is 0 Å². The van der Waals surface area contributed by atoms with Gasteiger partial charge in [0.25, 0.3) is 0 Å². The van der Waals surface area contributed by atoms with Crippen molar-refractivity contribution < 1.29 is 19.7 Å². The summed E-state index contributed by atoms with van der Waals surface area (Å²) in [6.45, 7) is -0.153. The average Bonchev–Trinajstić information content (AvgIpc) is 2.91. The second-order valence-electron chi connectivity index (χ2n) is 5.90. The minimum Gasteiger partial charge on any atom is -0.393 e. The molecular formula is C12H13N5O4. The number of anilines is 1. The zero-order chi connectivity index (χ0) is 14.4. The molecule has 5 unspecified atom stereocenters. The molecule has 0 bridgehead atoms. The maximum Gasteiger partial charge on any atom is 0.177 e. The molecule has 0 aromatic carbocycles. The predicted octanol–water partition coefficient (Wildman–Crippen LogP) is -1.22. The Balaban J connectivity index is 1.61. The molecule has 2 saturated heterocycles. The number of nitrogen functional groups attached to an aromatic ring is 1. The Kier molecular flexibility index (Phi) is 1.87. The minimum absolute atomic E-state index is 0.153. The summed E-state index contributed by atoms with van der Waals surface area (Å²) in [4.78, 5) is 12.3. The molecule has 21 heavy (non-hydrogen) atoms. The van der Waals surface area contributed by atoms with Crippen LogP contribution < -0.4 is 5.73 Å². The van der Waals surface area contributed by atoms with Crippen LogP contribution in [0, 0.1) is 5.92 Å². The van der Waals surface area contributed by atoms with Gasteiger partial charge in [-0.2, -0.15) is 0 Å². The molecule has 4 N–H and O–H groups in total. The standard InChI is InChI=1S/C12H13N5O4/c13-8-5-9(15-3-14-8)17(4-16-5)10-6-7-11(2-18,21-10)1-12(7,19)20-6/h3-4,6-7,10,18-19H,1-2H2,(H2,13,14,15). The van der Waals surface area contributed by atoms with Crippen LogP contribution in [0.3, 0.4) is 0 Å². The SMILES string of the molecule is Nc1ncnc2c1ncn2C1OC2(CO)CC3(O)OC1C32. The third-order valence-electron chi connectivity index (χ3n) is 4.84. The molecule has 9 heteroatoms. The number of aliphatic hydroxyl groups is 2. The van der Waals surface area contributed by atoms with Gasteiger partial charge >= 0.3 is 0 Å². The van der Waals surface area contributed by atoms with Gasteiger partial charge in [0.15, 0.2) is 23.5 Å². The largest absolute Gasteiger partial charge is 0.393 e. The van der Waals surface area contributed by atoms with Crippen molar-refractivity contribution in [1.29, 1.82) is 0 Å². The zero-order valence-electron chi connectivity index (χ0n) is 10.9. The van der Waals surface area contributed by atoms with Crippen LogP contribution in [0.1, 0.15) is 12.6 Å². The lowest BCUT2D eigenvalue weighted by atomic mass is 9.59. The fraction of sp³-hybridized carbons (Fsp3) is 0.583. The van der Waals surface area contributed by atoms with Crippen molar-refractivity contribution in [3.05, 3.63) is 12.7 Å². The second-order valence-corrected chi connectivity index (χ2v) is 5.90. The summed E-state index contributed by atoms with van der Waals surface area (Å²) < 4.78 is 13.3. The highest BCUT2D eigenvalue weighted by molar-refractivity contribution is 5.81. The predicted molar refractivity (Wildman–Crippen MR) is 67.6 cm³/mol. The second kappa shape index (κ2) is 3.33. The Morgan fingerprint density at radius 2 is 2.24 bits per heavy atom. The van der Waals surface area contributed by atoms with Gasteiger partial charge < -0.3 is 25.4 Å². The molecular weight excluding hydrogens is 278 g/mol. The molecule has 5 atom stereocenters. The monoisotopic (exact) mass is 291 g/mol. The number of nitrogens with zero attached hydrogens (tertiary/aromatic N) is 4. The highest BCUT2D eigenvalue weighted by atomic mass is 16.7. The molecule has 2 aromatic rings. The van der Waals surface area contributed by atoms with Gasteiger partial charge in [0.2, 0.25) is 0 Å². The van der Waals surface area contributed by atoms with E-state index in [-0.39, 0.29) is 25.0 Å². The summed E-state index contributed by atoms with van der Waals surface area (Å²) in [7, 11) is 0. The number of hydrogen-bond donors (Lipinski definition) is 3. The van der Waals surface area contributed by atoms with Crippen LogP contribution in [0.2, 0.25) is 0 Å². The minimum atomic E-state index is -1.16. The van der Waals surface area contributed by atoms with Crippen molar-refractivity contribution in [3.63, 3.8) is 0 Å². The molecule has 0 radical (unpaired) electrons. The van der Waals surface area contributed by atoms with Crippen molar-refractivity contribution in [2.45, 2.75) is 30.1 Å². The summed E-state index contributed by atoms with van der Waals surface area (Å²) in [5.41, 5.74) is 6.07. The van der Waals surface area contributed by atoms with Gasteiger partial charge in [-0.05, 0) is 0 Å². The van der Waals surface area contributed by atoms with E-state index in [1.165, 1.54) is 6.33 Å². The molecule has 1 aliphatic carbocycles. The molecule has 3 aliphatic rings. The topological polar surface area (TPSA) is 129 Å². The van der Waals surface area contributed by atoms with E-state index >= 15 is 0 Å². The van der Waals surface area contributed by atoms with Gasteiger partial charge in [0.1, 0.15) is 23.5 Å². The van der Waals surface area contributed by atoms with E-state index in [9.17, 15) is 10.2 Å². The molecule has 9 nitrogen and oxygen atoms in total. The summed E-state index contributed by atoms with van der Waals surface area (Å²) in [6.07, 6.45) is 2.38. The van der Waals surface area contributed by atoms with Gasteiger partial charge in [0, 0.05) is 6.42 Å². The van der Waals surface area contributed by atoms with Crippen LogP contribution in [0.5, 0.6) is 0 Å². The fourth-order valence-corrected chi connectivity index (χ4v) is 3.94. The van der Waals surface area contributed by atoms with E-state index in [0.29, 0.717) is 17.0 Å². The number of nitrogens with two attached hydrogens (primary N) is 1. The molecule has 3 fully saturated rings. The first kappa shape index (κ1) is 11.8. The number of imidazole rings is 1. The Morgan fingerprint density at radius 3 is 2.95 bits per heavy atom. The number of ether oxygens (including phenoxy) is 2. The first-order valence-corrected chi connectivity index (χ1v) is 6.70. The normalized spacial score (nSPS) is 43.4. The summed E-state index contributed by atoms with van der Waals surface area (Å²) in [6, 6.07) is 0. The summed E-state index contributed by atoms with van der Waals surface area (Å²) in [5.74, 6) is -1.09. The van der Waals surface area contributed by atoms with Crippen LogP contribution >= 0.6 is 0 Å². The zero-order valence-corrected chi connectivity index (χ0v) is 10.9. The van der Waals surface area contributed by atoms with Crippen molar-refractivity contribution in [1.82, 2.24) is 19.5 Å². The van der Waals surface area contributed by atoms with Gasteiger partial charge in [-0.3, -0.25) is 4.57 Å². The van der Waals surface area contributed by atoms with Crippen molar-refractivity contribution in [2.75, 3.05) is 12.3 Å². The van der Waals surface area contributed by atoms with Gasteiger partial charge in [-0.15, -0.1) is 0 Å². The molecule has 110 valence electrons. The fourth-order valence-electron chi connectivity index (χ4n) is 3.94. The number of aromatic nitrogens is 4. The summed E-state index contributed by atoms with van der Waals surface area (Å²) >= 11 is 0. The van der Waals surface area contributed by atoms with Crippen LogP contribution in [0.15, 0.2) is 12.7 Å². The van der Waals surface area contributed by atoms with Crippen LogP contribution in [0.4, 0.5) is 5.82 Å². The van der Waals surface area contributed by atoms with E-state index in [1.54, 1.807) is 10.9 Å². The third kappa shape index (κ3) is 1.16. The Labute approximate surface area is 118 Å². The van der Waals surface area contributed by atoms with Gasteiger partial charge in [-0.25, -0.2) is 15.0 Å². The number of fused-ring (bicyclic) bond motifs is 1. The first-order chi connectivity index (χ1) is 10.1. The smallest absolute Gasteiger partial charge is 0.177 e. The van der Waals surface area contributed by atoms with Crippen LogP contribution in [-0.4, -0.2) is 53.8 Å². The van der Waals surface area contributed by atoms with Crippen molar-refractivity contribution in [2.24, 2.45) is 5.92 Å². The Bertz CT molecular complexity index is 765. The highest BCUT2D eigenvalue weighted by Crippen LogP contribution is 2.68. The highest BCUT2D eigenvalue weighted by Gasteiger charge is 2.81. The average molecular weight is 291 g/mol. The van der Waals surface area contributed by atoms with E-state index < -0.39 is 17.6 Å². The number of aliphatic hydroxyl groups excluding tert-OH is 1. The van der Waals surface area contributed by atoms with Crippen molar-refractivity contribution >= 4 is 17.0 Å². The molecule has 2 aliphatic heterocycles. The number of hydrogen-bond acceptors (Lipinski definition) is 8.